The largest absolute Gasteiger partial charge is 0.348 e. The third kappa shape index (κ3) is 18.6. The molecule has 2 heterocycles. The normalized spacial score (nSPS) is 20.6. The van der Waals surface area contributed by atoms with Crippen LogP contribution in [0, 0.1) is 17.8 Å². The predicted molar refractivity (Wildman–Crippen MR) is 358 cm³/mol. The Hall–Kier alpha value is -8.02. The van der Waals surface area contributed by atoms with Crippen LogP contribution in [0.5, 0.6) is 0 Å². The Morgan fingerprint density at radius 3 is 1.30 bits per heavy atom. The molecule has 0 spiro atoms. The lowest BCUT2D eigenvalue weighted by molar-refractivity contribution is -0.143. The Bertz CT molecular complexity index is 3000. The molecule has 0 bridgehead atoms. The van der Waals surface area contributed by atoms with E-state index in [1.807, 2.05) is 97.1 Å². The van der Waals surface area contributed by atoms with E-state index in [-0.39, 0.29) is 103 Å². The first-order valence-corrected chi connectivity index (χ1v) is 34.0. The molecule has 2 saturated carbocycles. The molecule has 2 aliphatic heterocycles. The zero-order valence-electron chi connectivity index (χ0n) is 54.3. The molecule has 490 valence electrons. The van der Waals surface area contributed by atoms with Crippen molar-refractivity contribution in [2.75, 3.05) is 27.2 Å². The van der Waals surface area contributed by atoms with Crippen LogP contribution >= 0.6 is 0 Å². The summed E-state index contributed by atoms with van der Waals surface area (Å²) in [5, 5.41) is 21.9. The van der Waals surface area contributed by atoms with Crippen molar-refractivity contribution in [2.45, 2.75) is 190 Å². The Morgan fingerprint density at radius 1 is 0.467 bits per heavy atom. The molecule has 5 aromatic carbocycles. The van der Waals surface area contributed by atoms with Gasteiger partial charge in [0.2, 0.25) is 35.4 Å². The highest BCUT2D eigenvalue weighted by molar-refractivity contribution is 6.00. The molecule has 17 heteroatoms. The number of amides is 7. The summed E-state index contributed by atoms with van der Waals surface area (Å²) >= 11 is 0. The summed E-state index contributed by atoms with van der Waals surface area (Å²) in [6, 6.07) is 40.5. The first-order valence-electron chi connectivity index (χ1n) is 34.0. The molecule has 4 aliphatic rings. The van der Waals surface area contributed by atoms with Crippen molar-refractivity contribution < 1.29 is 38.4 Å². The Morgan fingerprint density at radius 2 is 0.870 bits per heavy atom. The van der Waals surface area contributed by atoms with Gasteiger partial charge < -0.3 is 47.0 Å². The van der Waals surface area contributed by atoms with Crippen LogP contribution in [0.4, 0.5) is 0 Å². The fourth-order valence-corrected chi connectivity index (χ4v) is 14.2. The molecular formula is C75H97N9O8. The Balaban J connectivity index is 0.913. The first-order chi connectivity index (χ1) is 44.7. The van der Waals surface area contributed by atoms with Crippen molar-refractivity contribution in [1.82, 2.24) is 47.0 Å². The third-order valence-electron chi connectivity index (χ3n) is 19.8. The van der Waals surface area contributed by atoms with Crippen molar-refractivity contribution in [3.8, 4) is 0 Å². The summed E-state index contributed by atoms with van der Waals surface area (Å²) in [5.74, 6) is -3.22. The number of nitrogens with zero attached hydrogens (tertiary/aromatic N) is 2. The van der Waals surface area contributed by atoms with Gasteiger partial charge in [-0.2, -0.15) is 0 Å². The third-order valence-corrected chi connectivity index (χ3v) is 19.8. The average Bonchev–Trinajstić information content (AvgIpc) is 1.75. The minimum Gasteiger partial charge on any atom is -0.348 e. The lowest BCUT2D eigenvalue weighted by Gasteiger charge is -2.35. The lowest BCUT2D eigenvalue weighted by Crippen LogP contribution is -2.58. The molecular weight excluding hydrogens is 1150 g/mol. The van der Waals surface area contributed by atoms with E-state index in [0.717, 1.165) is 101 Å². The van der Waals surface area contributed by atoms with Crippen molar-refractivity contribution in [1.29, 1.82) is 0 Å². The van der Waals surface area contributed by atoms with E-state index in [1.54, 1.807) is 62.0 Å². The van der Waals surface area contributed by atoms with Crippen molar-refractivity contribution in [2.24, 2.45) is 17.8 Å². The molecule has 4 fully saturated rings. The second-order valence-corrected chi connectivity index (χ2v) is 26.2. The summed E-state index contributed by atoms with van der Waals surface area (Å²) in [4.78, 5) is 119. The van der Waals surface area contributed by atoms with E-state index in [4.69, 9.17) is 0 Å². The van der Waals surface area contributed by atoms with Gasteiger partial charge in [0, 0.05) is 36.7 Å². The zero-order valence-corrected chi connectivity index (χ0v) is 54.3. The number of carbonyl (C=O) groups excluding carboxylic acids is 8. The SMILES string of the molecule is CN[C@@H](C)C(=O)N[C@H](C(=O)N1C[C@@H](CC(=O)c2ccc(C(=O)N[C@H]3C[C@@H](C(=O)N[C@H](CCCc4ccccc4)c4ccccc4)N(C(=O)[C@@H](NC(=O)[C@H](C)NC)C4CCCCC4)C3)cc2)C[C@H]1C(=O)N[C@H](CCCc1ccccc1)c1ccccc1)C1CCCCC1. The highest BCUT2D eigenvalue weighted by Crippen LogP contribution is 2.35. The second-order valence-electron chi connectivity index (χ2n) is 26.2. The molecule has 10 atom stereocenters. The van der Waals surface area contributed by atoms with Gasteiger partial charge in [0.15, 0.2) is 5.78 Å². The number of ketones is 1. The van der Waals surface area contributed by atoms with Gasteiger partial charge in [-0.3, -0.25) is 38.4 Å². The van der Waals surface area contributed by atoms with Gasteiger partial charge in [-0.05, 0) is 157 Å². The van der Waals surface area contributed by atoms with Gasteiger partial charge in [-0.15, -0.1) is 0 Å². The van der Waals surface area contributed by atoms with Gasteiger partial charge in [-0.1, -0.05) is 172 Å². The van der Waals surface area contributed by atoms with Crippen LogP contribution < -0.4 is 37.2 Å². The van der Waals surface area contributed by atoms with Gasteiger partial charge >= 0.3 is 0 Å². The summed E-state index contributed by atoms with van der Waals surface area (Å²) in [5.41, 5.74) is 4.93. The van der Waals surface area contributed by atoms with Gasteiger partial charge in [0.1, 0.15) is 24.2 Å². The molecule has 0 radical (unpaired) electrons. The maximum atomic E-state index is 15.2. The highest BCUT2D eigenvalue weighted by atomic mass is 16.2. The topological polar surface area (TPSA) is 227 Å². The number of benzene rings is 5. The molecule has 2 saturated heterocycles. The number of Topliss-reactive ketones (excluding diaryl/α,β-unsaturated/α-hetero) is 1. The molecule has 5 aromatic rings. The van der Waals surface area contributed by atoms with E-state index in [0.29, 0.717) is 18.4 Å². The number of likely N-dealkylation sites (tertiary alicyclic amines) is 2. The van der Waals surface area contributed by atoms with Crippen molar-refractivity contribution >= 4 is 47.1 Å². The first kappa shape index (κ1) is 68.3. The minimum absolute atomic E-state index is 0.0270. The zero-order chi connectivity index (χ0) is 64.9. The standard InChI is InChI=1S/C75H97N9O8/c1-50(76-3)69(86)81-67(58-35-19-9-20-36-58)74(91)83-48-54(45-64(83)72(89)79-62(55-31-15-7-16-32-55)39-23-29-52-25-11-5-12-26-52)46-66(85)57-41-43-60(44-42-57)71(88)78-61-47-65(84(49-61)75(92)68(59-37-21-10-22-38-59)82-70(87)51(2)77-4)73(90)80-63(56-33-17-8-18-34-56)40-24-30-53-27-13-6-14-28-53/h5-8,11-18,25-28,31-34,41-44,50-51,54,58-59,61-65,67-68,76-77H,9-10,19-24,29-30,35-40,45-49H2,1-4H3,(H,78,88)(H,79,89)(H,80,90)(H,81,86)(H,82,87)/t50-,51-,54+,61-,62+,63+,64-,65-,67-,68-/m0/s1. The summed E-state index contributed by atoms with van der Waals surface area (Å²) in [6.45, 7) is 3.66. The monoisotopic (exact) mass is 1250 g/mol. The Kier molecular flexibility index (Phi) is 25.3. The van der Waals surface area contributed by atoms with Crippen LogP contribution in [-0.4, -0.2) is 126 Å². The van der Waals surface area contributed by atoms with Gasteiger partial charge in [0.05, 0.1) is 24.2 Å². The van der Waals surface area contributed by atoms with Crippen LogP contribution in [0.3, 0.4) is 0 Å². The molecule has 7 amide bonds. The van der Waals surface area contributed by atoms with E-state index in [1.165, 1.54) is 11.1 Å². The number of carbonyl (C=O) groups is 8. The number of rotatable bonds is 29. The van der Waals surface area contributed by atoms with E-state index < -0.39 is 54.1 Å². The summed E-state index contributed by atoms with van der Waals surface area (Å²) < 4.78 is 0. The van der Waals surface area contributed by atoms with E-state index in [2.05, 4.69) is 61.5 Å². The summed E-state index contributed by atoms with van der Waals surface area (Å²) in [7, 11) is 3.39. The number of likely N-dealkylation sites (N-methyl/N-ethyl adjacent to an activating group) is 2. The molecule has 17 nitrogen and oxygen atoms in total. The molecule has 7 N–H and O–H groups in total. The second kappa shape index (κ2) is 34.0. The maximum Gasteiger partial charge on any atom is 0.251 e. The van der Waals surface area contributed by atoms with Crippen LogP contribution in [0.2, 0.25) is 0 Å². The highest BCUT2D eigenvalue weighted by Gasteiger charge is 2.47. The molecule has 9 rings (SSSR count). The van der Waals surface area contributed by atoms with Crippen LogP contribution in [0.15, 0.2) is 146 Å². The predicted octanol–water partition coefficient (Wildman–Crippen LogP) is 9.28. The average molecular weight is 1250 g/mol. The quantitative estimate of drug-likeness (QED) is 0.0225. The fraction of sp³-hybridized carbons (Fsp3) is 0.493. The molecule has 0 unspecified atom stereocenters. The number of nitrogens with one attached hydrogen (secondary N) is 7. The lowest BCUT2D eigenvalue weighted by atomic mass is 9.83. The Labute approximate surface area is 544 Å². The van der Waals surface area contributed by atoms with Crippen LogP contribution in [0.1, 0.15) is 178 Å². The van der Waals surface area contributed by atoms with Crippen molar-refractivity contribution in [3.05, 3.63) is 179 Å². The molecule has 92 heavy (non-hydrogen) atoms. The number of hydrogen-bond acceptors (Lipinski definition) is 10. The van der Waals surface area contributed by atoms with Crippen LogP contribution in [-0.2, 0) is 41.6 Å². The maximum absolute atomic E-state index is 15.2. The molecule has 2 aliphatic carbocycles. The van der Waals surface area contributed by atoms with Crippen molar-refractivity contribution in [3.63, 3.8) is 0 Å². The minimum atomic E-state index is -0.959. The fourth-order valence-electron chi connectivity index (χ4n) is 14.2. The summed E-state index contributed by atoms with van der Waals surface area (Å²) in [6.07, 6.45) is 13.8. The van der Waals surface area contributed by atoms with E-state index >= 15 is 9.59 Å². The van der Waals surface area contributed by atoms with Gasteiger partial charge in [-0.25, -0.2) is 0 Å². The molecule has 0 aromatic heterocycles. The smallest absolute Gasteiger partial charge is 0.251 e. The number of hydrogen-bond donors (Lipinski definition) is 7. The number of aryl methyl sites for hydroxylation is 2. The van der Waals surface area contributed by atoms with Gasteiger partial charge in [0.25, 0.3) is 5.91 Å². The van der Waals surface area contributed by atoms with E-state index in [9.17, 15) is 28.8 Å². The van der Waals surface area contributed by atoms with Crippen LogP contribution in [0.25, 0.3) is 0 Å².